The van der Waals surface area contributed by atoms with Crippen LogP contribution in [0.15, 0.2) is 18.2 Å². The van der Waals surface area contributed by atoms with E-state index in [1.54, 1.807) is 12.1 Å². The minimum Gasteiger partial charge on any atom is -0.382 e. The van der Waals surface area contributed by atoms with Gasteiger partial charge in [-0.3, -0.25) is 4.79 Å². The van der Waals surface area contributed by atoms with Crippen molar-refractivity contribution in [2.45, 2.75) is 33.1 Å². The van der Waals surface area contributed by atoms with Gasteiger partial charge in [0.05, 0.1) is 11.3 Å². The van der Waals surface area contributed by atoms with Gasteiger partial charge in [-0.25, -0.2) is 4.39 Å². The zero-order valence-corrected chi connectivity index (χ0v) is 12.2. The fourth-order valence-electron chi connectivity index (χ4n) is 2.32. The lowest BCUT2D eigenvalue weighted by Crippen LogP contribution is -2.29. The number of halogens is 1. The molecular weight excluding hydrogens is 255 g/mol. The minimum absolute atomic E-state index is 0.199. The van der Waals surface area contributed by atoms with E-state index in [-0.39, 0.29) is 11.7 Å². The maximum Gasteiger partial charge on any atom is 0.253 e. The molecule has 1 saturated carbocycles. The van der Waals surface area contributed by atoms with Gasteiger partial charge in [-0.15, -0.1) is 0 Å². The largest absolute Gasteiger partial charge is 0.382 e. The average molecular weight is 278 g/mol. The number of amides is 1. The first-order valence-electron chi connectivity index (χ1n) is 7.44. The predicted octanol–water partition coefficient (Wildman–Crippen LogP) is 3.42. The smallest absolute Gasteiger partial charge is 0.253 e. The van der Waals surface area contributed by atoms with Gasteiger partial charge in [-0.05, 0) is 43.2 Å². The van der Waals surface area contributed by atoms with Crippen LogP contribution >= 0.6 is 0 Å². The maximum absolute atomic E-state index is 13.8. The van der Waals surface area contributed by atoms with Gasteiger partial charge in [-0.1, -0.05) is 19.9 Å². The number of carbonyl (C=O) groups excluding carboxylic acids is 1. The molecule has 1 aliphatic rings. The molecule has 110 valence electrons. The highest BCUT2D eigenvalue weighted by Crippen LogP contribution is 2.36. The van der Waals surface area contributed by atoms with E-state index in [0.717, 1.165) is 12.3 Å². The van der Waals surface area contributed by atoms with Crippen molar-refractivity contribution in [3.63, 3.8) is 0 Å². The van der Waals surface area contributed by atoms with Gasteiger partial charge in [0.2, 0.25) is 0 Å². The van der Waals surface area contributed by atoms with Crippen LogP contribution in [-0.2, 0) is 0 Å². The van der Waals surface area contributed by atoms with E-state index in [4.69, 9.17) is 0 Å². The van der Waals surface area contributed by atoms with Crippen LogP contribution in [0.3, 0.4) is 0 Å². The van der Waals surface area contributed by atoms with Crippen LogP contribution in [0.4, 0.5) is 10.1 Å². The summed E-state index contributed by atoms with van der Waals surface area (Å²) in [5.74, 6) is 0.678. The van der Waals surface area contributed by atoms with Gasteiger partial charge in [0, 0.05) is 13.1 Å². The van der Waals surface area contributed by atoms with Crippen molar-refractivity contribution in [3.05, 3.63) is 29.6 Å². The van der Waals surface area contributed by atoms with Gasteiger partial charge in [0.25, 0.3) is 5.91 Å². The molecule has 1 aromatic carbocycles. The van der Waals surface area contributed by atoms with E-state index >= 15 is 0 Å². The predicted molar refractivity (Wildman–Crippen MR) is 79.4 cm³/mol. The van der Waals surface area contributed by atoms with Crippen molar-refractivity contribution in [3.8, 4) is 0 Å². The van der Waals surface area contributed by atoms with Crippen LogP contribution in [0.1, 0.15) is 43.5 Å². The Hall–Kier alpha value is -1.58. The molecule has 1 aliphatic carbocycles. The Morgan fingerprint density at radius 3 is 2.85 bits per heavy atom. The first-order chi connectivity index (χ1) is 9.63. The van der Waals surface area contributed by atoms with E-state index in [0.29, 0.717) is 30.3 Å². The Labute approximate surface area is 120 Å². The molecule has 2 rings (SSSR count). The zero-order valence-electron chi connectivity index (χ0n) is 12.2. The molecule has 0 radical (unpaired) electrons. The topological polar surface area (TPSA) is 41.1 Å². The Balaban J connectivity index is 2.01. The summed E-state index contributed by atoms with van der Waals surface area (Å²) in [4.78, 5) is 12.2. The standard InChI is InChI=1S/C16H23FN2O/c1-3-9-18-15-13(5-4-6-14(15)17)16(20)19-10-11(2)12-7-8-12/h4-6,11-12,18H,3,7-10H2,1-2H3,(H,19,20). The molecule has 0 bridgehead atoms. The van der Waals surface area contributed by atoms with E-state index in [2.05, 4.69) is 17.6 Å². The molecule has 1 unspecified atom stereocenters. The SMILES string of the molecule is CCCNc1c(F)cccc1C(=O)NCC(C)C1CC1. The highest BCUT2D eigenvalue weighted by atomic mass is 19.1. The molecule has 1 fully saturated rings. The third-order valence-corrected chi connectivity index (χ3v) is 3.82. The zero-order chi connectivity index (χ0) is 14.5. The number of carbonyl (C=O) groups is 1. The van der Waals surface area contributed by atoms with Crippen molar-refractivity contribution >= 4 is 11.6 Å². The van der Waals surface area contributed by atoms with Gasteiger partial charge < -0.3 is 10.6 Å². The fraction of sp³-hybridized carbons (Fsp3) is 0.562. The minimum atomic E-state index is -0.374. The van der Waals surface area contributed by atoms with Gasteiger partial charge in [-0.2, -0.15) is 0 Å². The lowest BCUT2D eigenvalue weighted by molar-refractivity contribution is 0.0947. The van der Waals surface area contributed by atoms with Crippen molar-refractivity contribution in [2.75, 3.05) is 18.4 Å². The molecule has 0 spiro atoms. The maximum atomic E-state index is 13.8. The van der Waals surface area contributed by atoms with Gasteiger partial charge in [0.15, 0.2) is 0 Å². The monoisotopic (exact) mass is 278 g/mol. The second-order valence-corrected chi connectivity index (χ2v) is 5.61. The molecule has 20 heavy (non-hydrogen) atoms. The summed E-state index contributed by atoms with van der Waals surface area (Å²) in [5.41, 5.74) is 0.701. The van der Waals surface area contributed by atoms with Crippen molar-refractivity contribution in [2.24, 2.45) is 11.8 Å². The summed E-state index contributed by atoms with van der Waals surface area (Å²) in [5, 5.41) is 5.92. The second-order valence-electron chi connectivity index (χ2n) is 5.61. The summed E-state index contributed by atoms with van der Waals surface area (Å²) in [6, 6.07) is 4.62. The summed E-state index contributed by atoms with van der Waals surface area (Å²) >= 11 is 0. The average Bonchev–Trinajstić information content (AvgIpc) is 3.27. The molecule has 1 aromatic rings. The fourth-order valence-corrected chi connectivity index (χ4v) is 2.32. The van der Waals surface area contributed by atoms with E-state index < -0.39 is 0 Å². The van der Waals surface area contributed by atoms with E-state index in [1.165, 1.54) is 18.9 Å². The van der Waals surface area contributed by atoms with Crippen LogP contribution in [0, 0.1) is 17.7 Å². The molecule has 3 nitrogen and oxygen atoms in total. The second kappa shape index (κ2) is 6.73. The third-order valence-electron chi connectivity index (χ3n) is 3.82. The summed E-state index contributed by atoms with van der Waals surface area (Å²) in [7, 11) is 0. The Morgan fingerprint density at radius 1 is 1.45 bits per heavy atom. The number of benzene rings is 1. The van der Waals surface area contributed by atoms with Crippen LogP contribution in [0.25, 0.3) is 0 Å². The first-order valence-corrected chi connectivity index (χ1v) is 7.44. The van der Waals surface area contributed by atoms with Gasteiger partial charge >= 0.3 is 0 Å². The third kappa shape index (κ3) is 3.71. The molecule has 0 aromatic heterocycles. The number of rotatable bonds is 7. The molecule has 4 heteroatoms. The number of anilines is 1. The summed E-state index contributed by atoms with van der Waals surface area (Å²) in [6.45, 7) is 5.47. The Morgan fingerprint density at radius 2 is 2.20 bits per heavy atom. The Bertz CT molecular complexity index is 472. The molecule has 0 aliphatic heterocycles. The van der Waals surface area contributed by atoms with E-state index in [1.807, 2.05) is 6.92 Å². The van der Waals surface area contributed by atoms with Crippen molar-refractivity contribution in [1.29, 1.82) is 0 Å². The Kier molecular flexibility index (Phi) is 4.99. The number of hydrogen-bond donors (Lipinski definition) is 2. The molecular formula is C16H23FN2O. The van der Waals surface area contributed by atoms with Gasteiger partial charge in [0.1, 0.15) is 5.82 Å². The highest BCUT2D eigenvalue weighted by molar-refractivity contribution is 5.99. The lowest BCUT2D eigenvalue weighted by atomic mass is 10.1. The van der Waals surface area contributed by atoms with Crippen LogP contribution < -0.4 is 10.6 Å². The number of hydrogen-bond acceptors (Lipinski definition) is 2. The van der Waals surface area contributed by atoms with Crippen LogP contribution in [-0.4, -0.2) is 19.0 Å². The number of para-hydroxylation sites is 1. The molecule has 1 atom stereocenters. The highest BCUT2D eigenvalue weighted by Gasteiger charge is 2.28. The molecule has 2 N–H and O–H groups in total. The summed E-state index contributed by atoms with van der Waals surface area (Å²) in [6.07, 6.45) is 3.41. The quantitative estimate of drug-likeness (QED) is 0.802. The first kappa shape index (κ1) is 14.8. The van der Waals surface area contributed by atoms with Crippen LogP contribution in [0.2, 0.25) is 0 Å². The molecule has 1 amide bonds. The number of nitrogens with one attached hydrogen (secondary N) is 2. The van der Waals surface area contributed by atoms with Crippen molar-refractivity contribution in [1.82, 2.24) is 5.32 Å². The lowest BCUT2D eigenvalue weighted by Gasteiger charge is -2.15. The normalized spacial score (nSPS) is 15.8. The van der Waals surface area contributed by atoms with E-state index in [9.17, 15) is 9.18 Å². The summed E-state index contributed by atoms with van der Waals surface area (Å²) < 4.78 is 13.8. The van der Waals surface area contributed by atoms with Crippen molar-refractivity contribution < 1.29 is 9.18 Å². The van der Waals surface area contributed by atoms with Crippen LogP contribution in [0.5, 0.6) is 0 Å². The molecule has 0 saturated heterocycles. The molecule has 0 heterocycles.